The molecule has 0 bridgehead atoms. The number of fused-ring (bicyclic) bond motifs is 1. The Morgan fingerprint density at radius 1 is 1.16 bits per heavy atom. The number of nitro groups is 2. The molecule has 1 heterocycles. The van der Waals surface area contributed by atoms with Gasteiger partial charge in [-0.05, 0) is 30.4 Å². The van der Waals surface area contributed by atoms with Gasteiger partial charge in [0.15, 0.2) is 0 Å². The van der Waals surface area contributed by atoms with Crippen LogP contribution in [0.2, 0.25) is 0 Å². The van der Waals surface area contributed by atoms with E-state index in [0.717, 1.165) is 37.7 Å². The highest BCUT2D eigenvalue weighted by molar-refractivity contribution is 5.80. The molecule has 0 radical (unpaired) electrons. The molecule has 3 rings (SSSR count). The van der Waals surface area contributed by atoms with Crippen LogP contribution in [0.1, 0.15) is 49.3 Å². The summed E-state index contributed by atoms with van der Waals surface area (Å²) in [5.74, 6) is -0.119. The number of benzene rings is 1. The van der Waals surface area contributed by atoms with Gasteiger partial charge in [0.05, 0.1) is 4.92 Å². The molecular weight excluding hydrogens is 326 g/mol. The molecule has 0 aromatic heterocycles. The maximum Gasteiger partial charge on any atom is 0.269 e. The summed E-state index contributed by atoms with van der Waals surface area (Å²) >= 11 is 0. The van der Waals surface area contributed by atoms with Crippen LogP contribution in [0.15, 0.2) is 18.2 Å². The second kappa shape index (κ2) is 7.16. The first-order valence-electron chi connectivity index (χ1n) is 8.67. The minimum Gasteiger partial charge on any atom is -0.328 e. The van der Waals surface area contributed by atoms with E-state index in [-0.39, 0.29) is 17.5 Å². The molecule has 1 atom stereocenters. The van der Waals surface area contributed by atoms with Crippen LogP contribution in [-0.4, -0.2) is 33.7 Å². The summed E-state index contributed by atoms with van der Waals surface area (Å²) in [6.07, 6.45) is 5.35. The van der Waals surface area contributed by atoms with E-state index in [4.69, 9.17) is 0 Å². The molecule has 1 unspecified atom stereocenters. The maximum atomic E-state index is 12.9. The lowest BCUT2D eigenvalue weighted by Gasteiger charge is -2.37. The standard InChI is InChI=1S/C17H21N3O5/c21-17(13-4-2-1-3-5-13)18-9-8-12-6-7-14(20(24)25)10-15(12)16(18)11-19(22)23/h6-7,10,13,16H,1-5,8-9,11H2. The van der Waals surface area contributed by atoms with Gasteiger partial charge in [-0.3, -0.25) is 25.0 Å². The van der Waals surface area contributed by atoms with Crippen LogP contribution < -0.4 is 0 Å². The molecule has 2 aliphatic rings. The molecule has 0 spiro atoms. The predicted octanol–water partition coefficient (Wildman–Crippen LogP) is 2.88. The van der Waals surface area contributed by atoms with E-state index >= 15 is 0 Å². The van der Waals surface area contributed by atoms with Gasteiger partial charge in [-0.1, -0.05) is 25.3 Å². The smallest absolute Gasteiger partial charge is 0.269 e. The molecule has 1 aromatic carbocycles. The quantitative estimate of drug-likeness (QED) is 0.615. The summed E-state index contributed by atoms with van der Waals surface area (Å²) in [5.41, 5.74) is 1.30. The van der Waals surface area contributed by atoms with Crippen LogP contribution in [0.3, 0.4) is 0 Å². The van der Waals surface area contributed by atoms with E-state index in [1.807, 2.05) is 0 Å². The van der Waals surface area contributed by atoms with E-state index in [1.165, 1.54) is 12.1 Å². The third-order valence-electron chi connectivity index (χ3n) is 5.26. The van der Waals surface area contributed by atoms with E-state index in [1.54, 1.807) is 11.0 Å². The Kier molecular flexibility index (Phi) is 4.96. The SMILES string of the molecule is O=C(C1CCCCC1)N1CCc2ccc([N+](=O)[O-])cc2C1C[N+](=O)[O-]. The van der Waals surface area contributed by atoms with E-state index in [2.05, 4.69) is 0 Å². The fourth-order valence-corrected chi connectivity index (χ4v) is 3.98. The summed E-state index contributed by atoms with van der Waals surface area (Å²) in [4.78, 5) is 35.8. The second-order valence-corrected chi connectivity index (χ2v) is 6.79. The summed E-state index contributed by atoms with van der Waals surface area (Å²) in [7, 11) is 0. The summed E-state index contributed by atoms with van der Waals surface area (Å²) in [6, 6.07) is 3.74. The lowest BCUT2D eigenvalue weighted by Crippen LogP contribution is -2.45. The van der Waals surface area contributed by atoms with Gasteiger partial charge in [-0.25, -0.2) is 0 Å². The van der Waals surface area contributed by atoms with Gasteiger partial charge in [0.1, 0.15) is 6.04 Å². The van der Waals surface area contributed by atoms with Crippen LogP contribution in [0, 0.1) is 26.1 Å². The monoisotopic (exact) mass is 347 g/mol. The number of carbonyl (C=O) groups is 1. The normalized spacial score (nSPS) is 20.8. The first-order chi connectivity index (χ1) is 12.0. The highest BCUT2D eigenvalue weighted by Crippen LogP contribution is 2.35. The molecule has 8 nitrogen and oxygen atoms in total. The van der Waals surface area contributed by atoms with Crippen molar-refractivity contribution >= 4 is 11.6 Å². The minimum atomic E-state index is -0.729. The zero-order chi connectivity index (χ0) is 18.0. The fraction of sp³-hybridized carbons (Fsp3) is 0.588. The van der Waals surface area contributed by atoms with Crippen molar-refractivity contribution in [3.8, 4) is 0 Å². The lowest BCUT2D eigenvalue weighted by molar-refractivity contribution is -0.487. The average Bonchev–Trinajstić information content (AvgIpc) is 2.61. The van der Waals surface area contributed by atoms with Gasteiger partial charge in [0, 0.05) is 29.5 Å². The Labute approximate surface area is 145 Å². The van der Waals surface area contributed by atoms with Crippen molar-refractivity contribution in [2.45, 2.75) is 44.6 Å². The molecule has 1 aliphatic carbocycles. The van der Waals surface area contributed by atoms with Crippen LogP contribution in [0.25, 0.3) is 0 Å². The Bertz CT molecular complexity index is 700. The molecule has 0 N–H and O–H groups in total. The molecule has 1 aliphatic heterocycles. The lowest BCUT2D eigenvalue weighted by atomic mass is 9.85. The fourth-order valence-electron chi connectivity index (χ4n) is 3.98. The van der Waals surface area contributed by atoms with Gasteiger partial charge in [0.2, 0.25) is 12.5 Å². The highest BCUT2D eigenvalue weighted by atomic mass is 16.6. The Balaban J connectivity index is 1.93. The van der Waals surface area contributed by atoms with Crippen LogP contribution in [-0.2, 0) is 11.2 Å². The molecule has 1 amide bonds. The number of rotatable bonds is 4. The van der Waals surface area contributed by atoms with Gasteiger partial charge in [-0.2, -0.15) is 0 Å². The second-order valence-electron chi connectivity index (χ2n) is 6.79. The van der Waals surface area contributed by atoms with Crippen LogP contribution in [0.4, 0.5) is 5.69 Å². The van der Waals surface area contributed by atoms with Crippen molar-refractivity contribution < 1.29 is 14.6 Å². The third-order valence-corrected chi connectivity index (χ3v) is 5.26. The topological polar surface area (TPSA) is 107 Å². The Hall–Kier alpha value is -2.51. The van der Waals surface area contributed by atoms with Crippen LogP contribution >= 0.6 is 0 Å². The molecule has 1 aromatic rings. The Morgan fingerprint density at radius 2 is 1.88 bits per heavy atom. The van der Waals surface area contributed by atoms with E-state index in [0.29, 0.717) is 18.5 Å². The Morgan fingerprint density at radius 3 is 2.52 bits per heavy atom. The average molecular weight is 347 g/mol. The summed E-state index contributed by atoms with van der Waals surface area (Å²) in [6.45, 7) is 0.00524. The number of non-ortho nitro benzene ring substituents is 1. The van der Waals surface area contributed by atoms with Crippen molar-refractivity contribution in [1.82, 2.24) is 4.90 Å². The van der Waals surface area contributed by atoms with Gasteiger partial charge in [0.25, 0.3) is 5.69 Å². The van der Waals surface area contributed by atoms with Crippen molar-refractivity contribution in [2.24, 2.45) is 5.92 Å². The van der Waals surface area contributed by atoms with Crippen molar-refractivity contribution in [3.63, 3.8) is 0 Å². The van der Waals surface area contributed by atoms with Crippen molar-refractivity contribution in [1.29, 1.82) is 0 Å². The predicted molar refractivity (Wildman–Crippen MR) is 89.7 cm³/mol. The number of hydrogen-bond acceptors (Lipinski definition) is 5. The largest absolute Gasteiger partial charge is 0.328 e. The van der Waals surface area contributed by atoms with Crippen molar-refractivity contribution in [2.75, 3.05) is 13.1 Å². The van der Waals surface area contributed by atoms with Gasteiger partial charge in [-0.15, -0.1) is 0 Å². The van der Waals surface area contributed by atoms with E-state index in [9.17, 15) is 25.0 Å². The molecule has 8 heteroatoms. The number of amides is 1. The van der Waals surface area contributed by atoms with Gasteiger partial charge >= 0.3 is 0 Å². The minimum absolute atomic E-state index is 0.0382. The number of nitrogens with zero attached hydrogens (tertiary/aromatic N) is 3. The summed E-state index contributed by atoms with van der Waals surface area (Å²) in [5, 5.41) is 22.2. The van der Waals surface area contributed by atoms with Crippen molar-refractivity contribution in [3.05, 3.63) is 49.6 Å². The molecular formula is C17H21N3O5. The summed E-state index contributed by atoms with van der Waals surface area (Å²) < 4.78 is 0. The maximum absolute atomic E-state index is 12.9. The molecule has 25 heavy (non-hydrogen) atoms. The third kappa shape index (κ3) is 3.62. The molecule has 134 valence electrons. The number of carbonyl (C=O) groups excluding carboxylic acids is 1. The first-order valence-corrected chi connectivity index (χ1v) is 8.67. The van der Waals surface area contributed by atoms with Crippen LogP contribution in [0.5, 0.6) is 0 Å². The first kappa shape index (κ1) is 17.3. The number of hydrogen-bond donors (Lipinski definition) is 0. The highest BCUT2D eigenvalue weighted by Gasteiger charge is 2.38. The molecule has 1 saturated carbocycles. The van der Waals surface area contributed by atoms with Gasteiger partial charge < -0.3 is 4.90 Å². The molecule has 1 fully saturated rings. The van der Waals surface area contributed by atoms with E-state index < -0.39 is 22.4 Å². The molecule has 0 saturated heterocycles. The zero-order valence-corrected chi connectivity index (χ0v) is 13.9. The zero-order valence-electron chi connectivity index (χ0n) is 13.9. The number of nitro benzene ring substituents is 1.